The molecule has 0 bridgehead atoms. The van der Waals surface area contributed by atoms with E-state index in [2.05, 4.69) is 125 Å². The van der Waals surface area contributed by atoms with E-state index in [1.165, 1.54) is 27.8 Å². The van der Waals surface area contributed by atoms with Gasteiger partial charge in [0.1, 0.15) is 0 Å². The van der Waals surface area contributed by atoms with Gasteiger partial charge in [0.2, 0.25) is 0 Å². The summed E-state index contributed by atoms with van der Waals surface area (Å²) in [5.74, 6) is 0.671. The molecule has 0 aliphatic carbocycles. The highest BCUT2D eigenvalue weighted by molar-refractivity contribution is 5.72. The van der Waals surface area contributed by atoms with Crippen molar-refractivity contribution in [2.75, 3.05) is 0 Å². The third-order valence-corrected chi connectivity index (χ3v) is 6.15. The van der Waals surface area contributed by atoms with Crippen LogP contribution >= 0.6 is 0 Å². The molecule has 33 heavy (non-hydrogen) atoms. The average Bonchev–Trinajstić information content (AvgIpc) is 2.84. The van der Waals surface area contributed by atoms with Gasteiger partial charge in [-0.3, -0.25) is 0 Å². The second kappa shape index (κ2) is 12.0. The molecule has 0 heteroatoms. The van der Waals surface area contributed by atoms with E-state index in [1.807, 2.05) is 6.07 Å². The van der Waals surface area contributed by atoms with Crippen LogP contribution in [0.5, 0.6) is 0 Å². The maximum absolute atomic E-state index is 4.48. The van der Waals surface area contributed by atoms with Gasteiger partial charge in [-0.1, -0.05) is 142 Å². The molecule has 0 aromatic heterocycles. The van der Waals surface area contributed by atoms with Crippen LogP contribution < -0.4 is 0 Å². The average molecular weight is 433 g/mol. The fraction of sp³-hybridized carbons (Fsp3) is 0.212. The summed E-state index contributed by atoms with van der Waals surface area (Å²) in [6.07, 6.45) is 7.12. The van der Waals surface area contributed by atoms with Crippen molar-refractivity contribution in [2.45, 2.75) is 44.9 Å². The Bertz CT molecular complexity index is 1080. The van der Waals surface area contributed by atoms with Crippen LogP contribution in [0.3, 0.4) is 0 Å². The molecule has 0 N–H and O–H groups in total. The molecule has 0 nitrogen and oxygen atoms in total. The molecule has 0 saturated carbocycles. The predicted molar refractivity (Wildman–Crippen MR) is 146 cm³/mol. The zero-order valence-electron chi connectivity index (χ0n) is 20.1. The smallest absolute Gasteiger partial charge is 0.0296 e. The molecule has 0 heterocycles. The maximum Gasteiger partial charge on any atom is 0.0296 e. The minimum absolute atomic E-state index is 0.108. The lowest BCUT2D eigenvalue weighted by molar-refractivity contribution is 0.841. The largest absolute Gasteiger partial charge is 0.0995 e. The molecular formula is C33H36. The summed E-state index contributed by atoms with van der Waals surface area (Å²) in [6, 6.07) is 29.8. The maximum atomic E-state index is 4.48. The van der Waals surface area contributed by atoms with Crippen LogP contribution in [0.4, 0.5) is 0 Å². The van der Waals surface area contributed by atoms with Gasteiger partial charge in [0.05, 0.1) is 0 Å². The summed E-state index contributed by atoms with van der Waals surface area (Å²) < 4.78 is 0. The fourth-order valence-electron chi connectivity index (χ4n) is 4.09. The molecule has 0 spiro atoms. The van der Waals surface area contributed by atoms with E-state index in [-0.39, 0.29) is 5.92 Å². The highest BCUT2D eigenvalue weighted by Crippen LogP contribution is 2.38. The molecule has 0 aliphatic rings. The third-order valence-electron chi connectivity index (χ3n) is 6.15. The fourth-order valence-corrected chi connectivity index (χ4v) is 4.09. The topological polar surface area (TPSA) is 0 Å². The third kappa shape index (κ3) is 7.05. The molecule has 0 radical (unpaired) electrons. The Hall–Kier alpha value is -3.38. The Labute approximate surface area is 200 Å². The molecule has 3 aromatic carbocycles. The zero-order chi connectivity index (χ0) is 23.6. The first-order valence-corrected chi connectivity index (χ1v) is 11.9. The monoisotopic (exact) mass is 432 g/mol. The van der Waals surface area contributed by atoms with Crippen molar-refractivity contribution in [3.8, 4) is 0 Å². The molecule has 0 amide bonds. The Morgan fingerprint density at radius 2 is 1.33 bits per heavy atom. The van der Waals surface area contributed by atoms with Crippen molar-refractivity contribution < 1.29 is 0 Å². The van der Waals surface area contributed by atoms with Crippen LogP contribution in [0.15, 0.2) is 122 Å². The van der Waals surface area contributed by atoms with E-state index in [4.69, 9.17) is 0 Å². The second-order valence-corrected chi connectivity index (χ2v) is 9.07. The van der Waals surface area contributed by atoms with Crippen molar-refractivity contribution in [1.29, 1.82) is 0 Å². The van der Waals surface area contributed by atoms with E-state index in [9.17, 15) is 0 Å². The van der Waals surface area contributed by atoms with Gasteiger partial charge in [0.25, 0.3) is 0 Å². The Morgan fingerprint density at radius 3 is 1.94 bits per heavy atom. The van der Waals surface area contributed by atoms with Gasteiger partial charge < -0.3 is 0 Å². The van der Waals surface area contributed by atoms with Gasteiger partial charge in [-0.05, 0) is 53.0 Å². The first-order valence-electron chi connectivity index (χ1n) is 11.9. The minimum atomic E-state index is 0.108. The highest BCUT2D eigenvalue weighted by Gasteiger charge is 2.19. The molecule has 3 rings (SSSR count). The number of allylic oxidation sites excluding steroid dienone is 4. The lowest BCUT2D eigenvalue weighted by atomic mass is 9.81. The van der Waals surface area contributed by atoms with Gasteiger partial charge >= 0.3 is 0 Å². The normalized spacial score (nSPS) is 12.1. The molecule has 0 fully saturated rings. The standard InChI is InChI=1S/C33H36/c1-25(2)30-23-21-29(22-24-30)14-12-13-26(3)19-20-27(4)33(32-17-10-7-11-18-32)28(5)31-15-8-6-9-16-31/h6-12,14-18,21-25,33H,3-5,13,19-20H2,1-2H3. The first-order chi connectivity index (χ1) is 16.0. The molecule has 1 unspecified atom stereocenters. The summed E-state index contributed by atoms with van der Waals surface area (Å²) >= 11 is 0. The SMILES string of the molecule is C=C(CC=Cc1ccc(C(C)C)cc1)CCC(=C)C(C(=C)c1ccccc1)c1ccccc1. The number of benzene rings is 3. The highest BCUT2D eigenvalue weighted by atomic mass is 14.2. The molecule has 3 aromatic rings. The van der Waals surface area contributed by atoms with Crippen molar-refractivity contribution in [3.05, 3.63) is 144 Å². The van der Waals surface area contributed by atoms with Crippen molar-refractivity contribution in [1.82, 2.24) is 0 Å². The zero-order valence-corrected chi connectivity index (χ0v) is 20.1. The van der Waals surface area contributed by atoms with Crippen LogP contribution in [-0.4, -0.2) is 0 Å². The van der Waals surface area contributed by atoms with E-state index in [0.717, 1.165) is 30.4 Å². The van der Waals surface area contributed by atoms with Crippen LogP contribution in [0.1, 0.15) is 67.2 Å². The molecule has 168 valence electrons. The van der Waals surface area contributed by atoms with Crippen molar-refractivity contribution in [2.24, 2.45) is 0 Å². The van der Waals surface area contributed by atoms with Crippen molar-refractivity contribution in [3.63, 3.8) is 0 Å². The lowest BCUT2D eigenvalue weighted by Crippen LogP contribution is -2.05. The molecule has 0 saturated heterocycles. The van der Waals surface area contributed by atoms with E-state index >= 15 is 0 Å². The summed E-state index contributed by atoms with van der Waals surface area (Å²) in [6.45, 7) is 17.7. The lowest BCUT2D eigenvalue weighted by Gasteiger charge is -2.23. The summed E-state index contributed by atoms with van der Waals surface area (Å²) in [4.78, 5) is 0. The number of hydrogen-bond donors (Lipinski definition) is 0. The summed E-state index contributed by atoms with van der Waals surface area (Å²) in [7, 11) is 0. The Morgan fingerprint density at radius 1 is 0.727 bits per heavy atom. The first kappa shape index (κ1) is 24.3. The van der Waals surface area contributed by atoms with E-state index in [1.54, 1.807) is 0 Å². The van der Waals surface area contributed by atoms with Crippen LogP contribution in [0.25, 0.3) is 11.6 Å². The second-order valence-electron chi connectivity index (χ2n) is 9.07. The van der Waals surface area contributed by atoms with Gasteiger partial charge in [-0.25, -0.2) is 0 Å². The van der Waals surface area contributed by atoms with Crippen molar-refractivity contribution >= 4 is 11.6 Å². The number of hydrogen-bond acceptors (Lipinski definition) is 0. The quantitative estimate of drug-likeness (QED) is 0.265. The summed E-state index contributed by atoms with van der Waals surface area (Å²) in [5.41, 5.74) is 8.53. The summed E-state index contributed by atoms with van der Waals surface area (Å²) in [5, 5.41) is 0. The molecule has 1 atom stereocenters. The molecule has 0 aliphatic heterocycles. The predicted octanol–water partition coefficient (Wildman–Crippen LogP) is 9.60. The van der Waals surface area contributed by atoms with Gasteiger partial charge in [-0.15, -0.1) is 0 Å². The Kier molecular flexibility index (Phi) is 8.84. The van der Waals surface area contributed by atoms with E-state index < -0.39 is 0 Å². The minimum Gasteiger partial charge on any atom is -0.0995 e. The van der Waals surface area contributed by atoms with Crippen LogP contribution in [-0.2, 0) is 0 Å². The van der Waals surface area contributed by atoms with Gasteiger partial charge in [-0.2, -0.15) is 0 Å². The van der Waals surface area contributed by atoms with E-state index in [0.29, 0.717) is 5.92 Å². The molecular weight excluding hydrogens is 396 g/mol. The van der Waals surface area contributed by atoms with Crippen LogP contribution in [0.2, 0.25) is 0 Å². The van der Waals surface area contributed by atoms with Gasteiger partial charge in [0, 0.05) is 5.92 Å². The Balaban J connectivity index is 1.60. The van der Waals surface area contributed by atoms with Gasteiger partial charge in [0.15, 0.2) is 0 Å². The number of rotatable bonds is 11. The van der Waals surface area contributed by atoms with Crippen LogP contribution in [0, 0.1) is 0 Å².